The van der Waals surface area contributed by atoms with Gasteiger partial charge in [-0.2, -0.15) is 0 Å². The van der Waals surface area contributed by atoms with E-state index in [1.807, 2.05) is 0 Å². The van der Waals surface area contributed by atoms with Crippen LogP contribution < -0.4 is 0 Å². The van der Waals surface area contributed by atoms with Crippen LogP contribution in [-0.2, 0) is 23.5 Å². The van der Waals surface area contributed by atoms with Crippen molar-refractivity contribution in [1.29, 1.82) is 5.41 Å². The zero-order chi connectivity index (χ0) is 17.4. The summed E-state index contributed by atoms with van der Waals surface area (Å²) in [6.45, 7) is 5.75. The van der Waals surface area contributed by atoms with Crippen LogP contribution in [0.15, 0.2) is 4.99 Å². The lowest BCUT2D eigenvalue weighted by molar-refractivity contribution is 0.135. The molecule has 2 heterocycles. The molecular weight excluding hydrogens is 322 g/mol. The van der Waals surface area contributed by atoms with E-state index in [-0.39, 0.29) is 0 Å². The van der Waals surface area contributed by atoms with Gasteiger partial charge in [-0.15, -0.1) is 11.6 Å². The van der Waals surface area contributed by atoms with E-state index in [0.717, 1.165) is 79.2 Å². The molecule has 0 radical (unpaired) electrons. The molecule has 0 amide bonds. The summed E-state index contributed by atoms with van der Waals surface area (Å²) in [4.78, 5) is 9.75. The molecular formula is C19H28ClN3O. The summed E-state index contributed by atoms with van der Waals surface area (Å²) in [6.07, 6.45) is 8.30. The van der Waals surface area contributed by atoms with E-state index < -0.39 is 0 Å². The lowest BCUT2D eigenvalue weighted by atomic mass is 10.00. The number of rotatable bonds is 8. The lowest BCUT2D eigenvalue weighted by Gasteiger charge is -2.18. The third kappa shape index (κ3) is 4.64. The first kappa shape index (κ1) is 19.1. The molecule has 2 rings (SSSR count). The molecule has 1 aliphatic rings. The molecule has 0 aliphatic carbocycles. The fourth-order valence-corrected chi connectivity index (χ4v) is 3.33. The van der Waals surface area contributed by atoms with Gasteiger partial charge in [0.1, 0.15) is 0 Å². The number of hydrogen-bond donors (Lipinski definition) is 1. The monoisotopic (exact) mass is 349 g/mol. The number of aliphatic imine (C=N–C) groups is 1. The number of nitrogens with one attached hydrogen (secondary N) is 1. The quantitative estimate of drug-likeness (QED) is 0.408. The fraction of sp³-hybridized carbons (Fsp3) is 0.632. The number of hydrogen-bond acceptors (Lipinski definition) is 4. The SMILES string of the molecule is CCCCCc1nc(CC)c(CCl)c(N=C2CCOCC2)c1C=N. The highest BCUT2D eigenvalue weighted by molar-refractivity contribution is 6.17. The third-order valence-corrected chi connectivity index (χ3v) is 4.71. The summed E-state index contributed by atoms with van der Waals surface area (Å²) in [5.41, 5.74) is 5.86. The zero-order valence-electron chi connectivity index (χ0n) is 14.8. The summed E-state index contributed by atoms with van der Waals surface area (Å²) in [5, 5.41) is 7.92. The standard InChI is InChI=1S/C19H28ClN3O/c1-3-5-6-7-18-16(13-21)19(15(12-20)17(4-2)23-18)22-14-8-10-24-11-9-14/h13,21H,3-12H2,1-2H3. The molecule has 0 atom stereocenters. The van der Waals surface area contributed by atoms with Crippen molar-refractivity contribution in [2.75, 3.05) is 13.2 Å². The van der Waals surface area contributed by atoms with Crippen LogP contribution in [0, 0.1) is 5.41 Å². The van der Waals surface area contributed by atoms with Crippen LogP contribution in [0.4, 0.5) is 5.69 Å². The molecule has 0 aromatic carbocycles. The van der Waals surface area contributed by atoms with E-state index in [9.17, 15) is 0 Å². The minimum Gasteiger partial charge on any atom is -0.381 e. The largest absolute Gasteiger partial charge is 0.381 e. The van der Waals surface area contributed by atoms with E-state index >= 15 is 0 Å². The topological polar surface area (TPSA) is 58.3 Å². The molecule has 132 valence electrons. The van der Waals surface area contributed by atoms with Crippen LogP contribution in [0.3, 0.4) is 0 Å². The number of aryl methyl sites for hydroxylation is 2. The number of nitrogens with zero attached hydrogens (tertiary/aromatic N) is 2. The highest BCUT2D eigenvalue weighted by Gasteiger charge is 2.18. The Hall–Kier alpha value is -1.26. The van der Waals surface area contributed by atoms with Crippen molar-refractivity contribution in [3.8, 4) is 0 Å². The Labute approximate surface area is 150 Å². The van der Waals surface area contributed by atoms with E-state index in [2.05, 4.69) is 13.8 Å². The third-order valence-electron chi connectivity index (χ3n) is 4.44. The van der Waals surface area contributed by atoms with Crippen LogP contribution in [0.2, 0.25) is 0 Å². The van der Waals surface area contributed by atoms with Crippen molar-refractivity contribution in [2.45, 2.75) is 64.7 Å². The van der Waals surface area contributed by atoms with Gasteiger partial charge in [-0.3, -0.25) is 9.98 Å². The first-order valence-corrected chi connectivity index (χ1v) is 9.53. The average molecular weight is 350 g/mol. The fourth-order valence-electron chi connectivity index (χ4n) is 3.05. The number of ether oxygens (including phenoxy) is 1. The summed E-state index contributed by atoms with van der Waals surface area (Å²) < 4.78 is 5.42. The number of pyridine rings is 1. The number of halogens is 1. The Kier molecular flexibility index (Phi) is 7.86. The maximum Gasteiger partial charge on any atom is 0.0797 e. The van der Waals surface area contributed by atoms with Crippen molar-refractivity contribution in [2.24, 2.45) is 4.99 Å². The molecule has 5 heteroatoms. The van der Waals surface area contributed by atoms with Gasteiger partial charge in [0, 0.05) is 41.6 Å². The molecule has 1 N–H and O–H groups in total. The second-order valence-electron chi connectivity index (χ2n) is 6.13. The molecule has 1 aromatic rings. The number of aromatic nitrogens is 1. The lowest BCUT2D eigenvalue weighted by Crippen LogP contribution is -2.15. The molecule has 0 saturated carbocycles. The number of alkyl halides is 1. The van der Waals surface area contributed by atoms with Gasteiger partial charge in [-0.1, -0.05) is 26.7 Å². The zero-order valence-corrected chi connectivity index (χ0v) is 15.6. The van der Waals surface area contributed by atoms with Crippen LogP contribution >= 0.6 is 11.6 Å². The van der Waals surface area contributed by atoms with Gasteiger partial charge < -0.3 is 10.1 Å². The molecule has 1 saturated heterocycles. The van der Waals surface area contributed by atoms with Crippen molar-refractivity contribution >= 4 is 29.2 Å². The van der Waals surface area contributed by atoms with Gasteiger partial charge in [0.25, 0.3) is 0 Å². The van der Waals surface area contributed by atoms with Gasteiger partial charge in [0.2, 0.25) is 0 Å². The van der Waals surface area contributed by atoms with Gasteiger partial charge in [0.05, 0.1) is 30.5 Å². The summed E-state index contributed by atoms with van der Waals surface area (Å²) in [7, 11) is 0. The highest BCUT2D eigenvalue weighted by atomic mass is 35.5. The van der Waals surface area contributed by atoms with Gasteiger partial charge in [-0.05, 0) is 19.3 Å². The minimum atomic E-state index is 0.384. The molecule has 0 unspecified atom stereocenters. The summed E-state index contributed by atoms with van der Waals surface area (Å²) >= 11 is 6.23. The molecule has 1 aliphatic heterocycles. The van der Waals surface area contributed by atoms with Crippen molar-refractivity contribution in [3.63, 3.8) is 0 Å². The predicted molar refractivity (Wildman–Crippen MR) is 101 cm³/mol. The van der Waals surface area contributed by atoms with Crippen molar-refractivity contribution in [1.82, 2.24) is 4.98 Å². The normalized spacial score (nSPS) is 14.7. The minimum absolute atomic E-state index is 0.384. The van der Waals surface area contributed by atoms with Crippen LogP contribution in [-0.4, -0.2) is 30.1 Å². The molecule has 1 aromatic heterocycles. The Morgan fingerprint density at radius 2 is 1.96 bits per heavy atom. The first-order valence-electron chi connectivity index (χ1n) is 9.00. The van der Waals surface area contributed by atoms with Crippen LogP contribution in [0.25, 0.3) is 0 Å². The number of unbranched alkanes of at least 4 members (excludes halogenated alkanes) is 2. The smallest absolute Gasteiger partial charge is 0.0797 e. The van der Waals surface area contributed by atoms with E-state index in [1.54, 1.807) is 0 Å². The van der Waals surface area contributed by atoms with Crippen LogP contribution in [0.1, 0.15) is 68.5 Å². The molecule has 1 fully saturated rings. The predicted octanol–water partition coefficient (Wildman–Crippen LogP) is 5.00. The average Bonchev–Trinajstić information content (AvgIpc) is 2.62. The Bertz CT molecular complexity index is 591. The summed E-state index contributed by atoms with van der Waals surface area (Å²) in [5.74, 6) is 0.384. The van der Waals surface area contributed by atoms with E-state index in [4.69, 9.17) is 31.7 Å². The second kappa shape index (κ2) is 9.90. The maximum atomic E-state index is 7.92. The molecule has 24 heavy (non-hydrogen) atoms. The Morgan fingerprint density at radius 1 is 1.21 bits per heavy atom. The maximum absolute atomic E-state index is 7.92. The molecule has 0 bridgehead atoms. The van der Waals surface area contributed by atoms with E-state index in [1.165, 1.54) is 19.1 Å². The first-order chi connectivity index (χ1) is 11.7. The van der Waals surface area contributed by atoms with Crippen molar-refractivity contribution in [3.05, 3.63) is 22.5 Å². The van der Waals surface area contributed by atoms with E-state index in [0.29, 0.717) is 5.88 Å². The van der Waals surface area contributed by atoms with Gasteiger partial charge >= 0.3 is 0 Å². The Morgan fingerprint density at radius 3 is 2.54 bits per heavy atom. The highest BCUT2D eigenvalue weighted by Crippen LogP contribution is 2.31. The van der Waals surface area contributed by atoms with Crippen LogP contribution in [0.5, 0.6) is 0 Å². The van der Waals surface area contributed by atoms with Gasteiger partial charge in [0.15, 0.2) is 0 Å². The van der Waals surface area contributed by atoms with Crippen molar-refractivity contribution < 1.29 is 4.74 Å². The molecule has 4 nitrogen and oxygen atoms in total. The second-order valence-corrected chi connectivity index (χ2v) is 6.39. The Balaban J connectivity index is 2.50. The summed E-state index contributed by atoms with van der Waals surface area (Å²) in [6, 6.07) is 0. The molecule has 0 spiro atoms. The van der Waals surface area contributed by atoms with Gasteiger partial charge in [-0.25, -0.2) is 0 Å².